The highest BCUT2D eigenvalue weighted by molar-refractivity contribution is 6.35. The molecule has 8 nitrogen and oxygen atoms in total. The highest BCUT2D eigenvalue weighted by atomic mass is 35.5. The number of amides is 2. The molecule has 0 aliphatic carbocycles. The Hall–Kier alpha value is -2.78. The first-order valence-corrected chi connectivity index (χ1v) is 9.40. The van der Waals surface area contributed by atoms with Crippen LogP contribution in [-0.2, 0) is 16.2 Å². The van der Waals surface area contributed by atoms with E-state index in [9.17, 15) is 9.59 Å². The van der Waals surface area contributed by atoms with Gasteiger partial charge in [-0.1, -0.05) is 52.6 Å². The number of hydrogen-bond donors (Lipinski definition) is 2. The number of nitrogens with two attached hydrogens (primary N) is 1. The maximum absolute atomic E-state index is 13.1. The molecule has 2 aromatic carbocycles. The lowest BCUT2D eigenvalue weighted by molar-refractivity contribution is -0.606. The van der Waals surface area contributed by atoms with E-state index in [4.69, 9.17) is 28.0 Å². The monoisotopic (exact) mass is 433 g/mol. The first-order valence-electron chi connectivity index (χ1n) is 8.64. The summed E-state index contributed by atoms with van der Waals surface area (Å²) in [7, 11) is 0. The molecule has 0 saturated carbocycles. The molecule has 1 aliphatic rings. The van der Waals surface area contributed by atoms with Gasteiger partial charge in [-0.2, -0.15) is 4.98 Å². The molecule has 4 rings (SSSR count). The number of nitrogens with one attached hydrogen (secondary N) is 1. The molecule has 10 heteroatoms. The Labute approximate surface area is 175 Å². The van der Waals surface area contributed by atoms with Crippen molar-refractivity contribution in [2.24, 2.45) is 0 Å². The van der Waals surface area contributed by atoms with Gasteiger partial charge < -0.3 is 4.52 Å². The zero-order valence-corrected chi connectivity index (χ0v) is 16.4. The average Bonchev–Trinajstić information content (AvgIpc) is 3.21. The number of aromatic nitrogens is 2. The number of nitrogens with zero attached hydrogens (tertiary/aromatic N) is 2. The fourth-order valence-electron chi connectivity index (χ4n) is 3.37. The number of primary amides is 1. The molecule has 3 N–H and O–H groups in total. The predicted octanol–water partition coefficient (Wildman–Crippen LogP) is 2.17. The molecule has 0 saturated heterocycles. The molecule has 1 aliphatic heterocycles. The first kappa shape index (κ1) is 19.5. The molecule has 3 aromatic rings. The van der Waals surface area contributed by atoms with Crippen molar-refractivity contribution < 1.29 is 24.3 Å². The van der Waals surface area contributed by atoms with Crippen LogP contribution in [0.25, 0.3) is 0 Å². The molecule has 0 spiro atoms. The Morgan fingerprint density at radius 2 is 2.03 bits per heavy atom. The Balaban J connectivity index is 1.66. The average molecular weight is 434 g/mol. The van der Waals surface area contributed by atoms with Crippen molar-refractivity contribution in [1.82, 2.24) is 15.6 Å². The van der Waals surface area contributed by atoms with E-state index < -0.39 is 17.9 Å². The highest BCUT2D eigenvalue weighted by Crippen LogP contribution is 2.37. The minimum atomic E-state index is -0.729. The van der Waals surface area contributed by atoms with Gasteiger partial charge in [-0.05, 0) is 23.8 Å². The summed E-state index contributed by atoms with van der Waals surface area (Å²) in [4.78, 5) is 34.8. The zero-order chi connectivity index (χ0) is 20.4. The van der Waals surface area contributed by atoms with Crippen molar-refractivity contribution in [3.63, 3.8) is 0 Å². The third-order valence-corrected chi connectivity index (χ3v) is 5.20. The summed E-state index contributed by atoms with van der Waals surface area (Å²) in [5, 5.41) is 5.95. The van der Waals surface area contributed by atoms with E-state index in [1.807, 2.05) is 0 Å². The molecule has 1 aromatic heterocycles. The summed E-state index contributed by atoms with van der Waals surface area (Å²) < 4.78 is 4.62. The summed E-state index contributed by atoms with van der Waals surface area (Å²) in [5.41, 5.74) is 4.10. The maximum Gasteiger partial charge on any atom is 0.343 e. The molecule has 0 unspecified atom stereocenters. The van der Waals surface area contributed by atoms with Gasteiger partial charge in [0.25, 0.3) is 5.91 Å². The van der Waals surface area contributed by atoms with Gasteiger partial charge in [0.15, 0.2) is 5.82 Å². The molecule has 2 atom stereocenters. The second kappa shape index (κ2) is 8.30. The van der Waals surface area contributed by atoms with Crippen molar-refractivity contribution >= 4 is 35.0 Å². The van der Waals surface area contributed by atoms with Crippen LogP contribution in [-0.4, -0.2) is 22.0 Å². The van der Waals surface area contributed by atoms with Crippen molar-refractivity contribution in [3.05, 3.63) is 81.4 Å². The van der Waals surface area contributed by atoms with Gasteiger partial charge in [0, 0.05) is 10.6 Å². The maximum atomic E-state index is 13.1. The van der Waals surface area contributed by atoms with Crippen LogP contribution in [0.1, 0.15) is 39.3 Å². The summed E-state index contributed by atoms with van der Waals surface area (Å²) in [6.45, 7) is -0.0639. The lowest BCUT2D eigenvalue weighted by Gasteiger charge is -2.30. The van der Waals surface area contributed by atoms with Gasteiger partial charge in [0.1, 0.15) is 18.6 Å². The quantitative estimate of drug-likeness (QED) is 0.596. The van der Waals surface area contributed by atoms with E-state index in [-0.39, 0.29) is 18.3 Å². The lowest BCUT2D eigenvalue weighted by Crippen LogP contribution is -2.91. The van der Waals surface area contributed by atoms with Crippen LogP contribution in [0.3, 0.4) is 0 Å². The number of benzene rings is 2. The van der Waals surface area contributed by atoms with Crippen molar-refractivity contribution in [2.75, 3.05) is 0 Å². The van der Waals surface area contributed by atoms with Gasteiger partial charge >= 0.3 is 5.91 Å². The van der Waals surface area contributed by atoms with Crippen LogP contribution in [0.5, 0.6) is 0 Å². The van der Waals surface area contributed by atoms with E-state index in [0.717, 1.165) is 6.39 Å². The van der Waals surface area contributed by atoms with Crippen LogP contribution in [0.2, 0.25) is 10.0 Å². The minimum absolute atomic E-state index is 0.0639. The van der Waals surface area contributed by atoms with E-state index in [1.165, 1.54) is 5.32 Å². The molecule has 0 fully saturated rings. The van der Waals surface area contributed by atoms with Crippen LogP contribution in [0.4, 0.5) is 0 Å². The number of quaternary nitrogens is 1. The molecular formula is C19H15Cl2N4O4+. The van der Waals surface area contributed by atoms with Gasteiger partial charge in [-0.25, -0.2) is 10.3 Å². The molecule has 29 heavy (non-hydrogen) atoms. The van der Waals surface area contributed by atoms with Crippen LogP contribution < -0.4 is 10.8 Å². The minimum Gasteiger partial charge on any atom is -0.343 e. The molecule has 2 heterocycles. The predicted molar refractivity (Wildman–Crippen MR) is 102 cm³/mol. The molecule has 148 valence electrons. The summed E-state index contributed by atoms with van der Waals surface area (Å²) >= 11 is 12.4. The number of rotatable bonds is 5. The SMILES string of the molecule is O=C1[NH2+][C@@H](c2ccc(Cl)cc2Cl)[C@H](C(=O)NOCc2ncon2)c2ccccc21. The number of fused-ring (bicyclic) bond motifs is 1. The summed E-state index contributed by atoms with van der Waals surface area (Å²) in [6.07, 6.45) is 1.16. The fraction of sp³-hybridized carbons (Fsp3) is 0.158. The van der Waals surface area contributed by atoms with E-state index in [1.54, 1.807) is 42.5 Å². The lowest BCUT2D eigenvalue weighted by atomic mass is 9.80. The van der Waals surface area contributed by atoms with E-state index in [2.05, 4.69) is 20.1 Å². The Bertz CT molecular complexity index is 1060. The molecule has 0 radical (unpaired) electrons. The Morgan fingerprint density at radius 1 is 1.21 bits per heavy atom. The highest BCUT2D eigenvalue weighted by Gasteiger charge is 2.43. The normalized spacial score (nSPS) is 18.3. The number of halogens is 2. The summed E-state index contributed by atoms with van der Waals surface area (Å²) in [5.74, 6) is -1.05. The van der Waals surface area contributed by atoms with E-state index in [0.29, 0.717) is 26.7 Å². The Kier molecular flexibility index (Phi) is 5.59. The molecular weight excluding hydrogens is 419 g/mol. The van der Waals surface area contributed by atoms with Crippen molar-refractivity contribution in [2.45, 2.75) is 18.6 Å². The van der Waals surface area contributed by atoms with Crippen LogP contribution >= 0.6 is 23.2 Å². The smallest absolute Gasteiger partial charge is 0.343 e. The third-order valence-electron chi connectivity index (χ3n) is 4.64. The number of carbonyl (C=O) groups is 2. The second-order valence-corrected chi connectivity index (χ2v) is 7.23. The van der Waals surface area contributed by atoms with Crippen molar-refractivity contribution in [3.8, 4) is 0 Å². The van der Waals surface area contributed by atoms with Gasteiger partial charge in [0.2, 0.25) is 6.39 Å². The third kappa shape index (κ3) is 4.01. The largest absolute Gasteiger partial charge is 0.343 e. The second-order valence-electron chi connectivity index (χ2n) is 6.39. The van der Waals surface area contributed by atoms with Crippen molar-refractivity contribution in [1.29, 1.82) is 0 Å². The van der Waals surface area contributed by atoms with Gasteiger partial charge in [-0.3, -0.25) is 14.9 Å². The first-order chi connectivity index (χ1) is 14.0. The van der Waals surface area contributed by atoms with Crippen LogP contribution in [0, 0.1) is 0 Å². The fourth-order valence-corrected chi connectivity index (χ4v) is 3.91. The number of hydrogen-bond acceptors (Lipinski definition) is 6. The standard InChI is InChI=1S/C19H14Cl2N4O4/c20-10-5-6-13(14(21)7-10)17-16(11-3-1-2-4-12(11)18(26)23-17)19(27)25-28-8-15-22-9-29-24-15/h1-7,9,16-17H,8H2,(H,23,26)(H,25,27)/p+1/t16-,17+/m1/s1. The van der Waals surface area contributed by atoms with Gasteiger partial charge in [-0.15, -0.1) is 0 Å². The molecule has 0 bridgehead atoms. The Morgan fingerprint density at radius 3 is 2.79 bits per heavy atom. The van der Waals surface area contributed by atoms with Gasteiger partial charge in [0.05, 0.1) is 10.6 Å². The summed E-state index contributed by atoms with van der Waals surface area (Å²) in [6, 6.07) is 11.3. The zero-order valence-electron chi connectivity index (χ0n) is 14.8. The molecule has 2 amide bonds. The number of hydroxylamine groups is 1. The van der Waals surface area contributed by atoms with E-state index >= 15 is 0 Å². The van der Waals surface area contributed by atoms with Crippen LogP contribution in [0.15, 0.2) is 53.4 Å². The topological polar surface area (TPSA) is 111 Å². The number of carbonyl (C=O) groups excluding carboxylic acids is 2.